The maximum absolute atomic E-state index is 12.0. The van der Waals surface area contributed by atoms with E-state index in [4.69, 9.17) is 9.15 Å². The molecule has 1 N–H and O–H groups in total. The lowest BCUT2D eigenvalue weighted by Crippen LogP contribution is -2.14. The van der Waals surface area contributed by atoms with Crippen molar-refractivity contribution >= 4 is 0 Å². The van der Waals surface area contributed by atoms with E-state index in [9.17, 15) is 9.90 Å². The number of aryl methyl sites for hydroxylation is 1. The molecule has 0 unspecified atom stereocenters. The van der Waals surface area contributed by atoms with Crippen molar-refractivity contribution in [3.8, 4) is 5.95 Å². The fourth-order valence-corrected chi connectivity index (χ4v) is 2.19. The third-order valence-corrected chi connectivity index (χ3v) is 3.94. The Morgan fingerprint density at radius 1 is 1.20 bits per heavy atom. The second-order valence-electron chi connectivity index (χ2n) is 5.56. The fraction of sp³-hybridized carbons (Fsp3) is 0.688. The average molecular weight is 282 g/mol. The van der Waals surface area contributed by atoms with Crippen molar-refractivity contribution in [1.29, 1.82) is 0 Å². The molecule has 0 amide bonds. The van der Waals surface area contributed by atoms with Gasteiger partial charge in [-0.1, -0.05) is 13.3 Å². The minimum atomic E-state index is -0.269. The third kappa shape index (κ3) is 4.10. The van der Waals surface area contributed by atoms with Crippen LogP contribution >= 0.6 is 0 Å². The van der Waals surface area contributed by atoms with Gasteiger partial charge in [0.1, 0.15) is 5.76 Å². The number of hydrogen-bond acceptors (Lipinski definition) is 4. The Morgan fingerprint density at radius 3 is 2.40 bits per heavy atom. The Balaban J connectivity index is 2.65. The van der Waals surface area contributed by atoms with Crippen LogP contribution < -0.4 is 10.2 Å². The molecule has 114 valence electrons. The molecule has 0 saturated heterocycles. The smallest absolute Gasteiger partial charge is 0.291 e. The summed E-state index contributed by atoms with van der Waals surface area (Å²) in [6, 6.07) is 0. The van der Waals surface area contributed by atoms with E-state index >= 15 is 0 Å². The van der Waals surface area contributed by atoms with Gasteiger partial charge >= 0.3 is 0 Å². The van der Waals surface area contributed by atoms with Crippen LogP contribution in [0.5, 0.6) is 5.95 Å². The normalized spacial score (nSPS) is 14.1. The first-order valence-electron chi connectivity index (χ1n) is 7.23. The summed E-state index contributed by atoms with van der Waals surface area (Å²) in [7, 11) is 1.51. The van der Waals surface area contributed by atoms with Gasteiger partial charge in [0.05, 0.1) is 18.8 Å². The van der Waals surface area contributed by atoms with Crippen molar-refractivity contribution in [1.82, 2.24) is 0 Å². The Morgan fingerprint density at radius 2 is 1.85 bits per heavy atom. The number of rotatable bonds is 7. The van der Waals surface area contributed by atoms with Gasteiger partial charge in [-0.3, -0.25) is 4.79 Å². The molecule has 1 aromatic heterocycles. The highest BCUT2D eigenvalue weighted by Crippen LogP contribution is 2.21. The molecule has 0 radical (unpaired) electrons. The molecule has 4 heteroatoms. The van der Waals surface area contributed by atoms with E-state index in [0.717, 1.165) is 25.7 Å². The zero-order valence-corrected chi connectivity index (χ0v) is 13.2. The van der Waals surface area contributed by atoms with E-state index in [1.54, 1.807) is 13.8 Å². The van der Waals surface area contributed by atoms with Crippen molar-refractivity contribution in [3.63, 3.8) is 0 Å². The lowest BCUT2D eigenvalue weighted by atomic mass is 9.98. The van der Waals surface area contributed by atoms with Crippen LogP contribution in [-0.4, -0.2) is 18.3 Å². The largest absolute Gasteiger partial charge is 0.468 e. The van der Waals surface area contributed by atoms with E-state index in [0.29, 0.717) is 28.8 Å². The van der Waals surface area contributed by atoms with Crippen molar-refractivity contribution < 1.29 is 14.3 Å². The van der Waals surface area contributed by atoms with Crippen LogP contribution in [0.2, 0.25) is 0 Å². The zero-order valence-electron chi connectivity index (χ0n) is 13.2. The highest BCUT2D eigenvalue weighted by Gasteiger charge is 2.14. The minimum absolute atomic E-state index is 0.000415. The molecule has 0 fully saturated rings. The number of ether oxygens (including phenoxy) is 1. The molecule has 0 aromatic carbocycles. The number of hydrogen-bond donors (Lipinski definition) is 1. The molecule has 0 bridgehead atoms. The maximum Gasteiger partial charge on any atom is 0.291 e. The maximum atomic E-state index is 12.0. The number of unbranched alkanes of at least 4 members (excludes halogenated alkanes) is 1. The van der Waals surface area contributed by atoms with Crippen molar-refractivity contribution in [2.24, 2.45) is 5.92 Å². The standard InChI is InChI=1S/C16H26O4/c1-10(13(4)17)8-6-7-9-14-11(2)15(18)12(3)16(19-5)20-14/h10,13,17H,6-9H2,1-5H3/t10-,13-/m0/s1. The van der Waals surface area contributed by atoms with Gasteiger partial charge < -0.3 is 14.3 Å². The molecule has 1 rings (SSSR count). The Kier molecular flexibility index (Phi) is 6.27. The molecule has 0 aliphatic rings. The molecule has 1 heterocycles. The summed E-state index contributed by atoms with van der Waals surface area (Å²) in [4.78, 5) is 12.0. The van der Waals surface area contributed by atoms with Crippen molar-refractivity contribution in [2.45, 2.75) is 59.5 Å². The molecule has 0 aliphatic heterocycles. The van der Waals surface area contributed by atoms with Gasteiger partial charge in [-0.2, -0.15) is 0 Å². The van der Waals surface area contributed by atoms with Gasteiger partial charge in [0, 0.05) is 12.0 Å². The first kappa shape index (κ1) is 16.8. The number of aliphatic hydroxyl groups excluding tert-OH is 1. The quantitative estimate of drug-likeness (QED) is 0.781. The molecule has 1 aromatic rings. The summed E-state index contributed by atoms with van der Waals surface area (Å²) in [6.45, 7) is 7.38. The molecule has 0 saturated carbocycles. The van der Waals surface area contributed by atoms with E-state index in [2.05, 4.69) is 0 Å². The third-order valence-electron chi connectivity index (χ3n) is 3.94. The van der Waals surface area contributed by atoms with Gasteiger partial charge in [0.25, 0.3) is 5.95 Å². The molecule has 0 aliphatic carbocycles. The minimum Gasteiger partial charge on any atom is -0.468 e. The predicted molar refractivity (Wildman–Crippen MR) is 79.4 cm³/mol. The fourth-order valence-electron chi connectivity index (χ4n) is 2.19. The second kappa shape index (κ2) is 7.48. The average Bonchev–Trinajstić information content (AvgIpc) is 2.42. The Labute approximate surface area is 120 Å². The first-order valence-corrected chi connectivity index (χ1v) is 7.23. The number of methoxy groups -OCH3 is 1. The summed E-state index contributed by atoms with van der Waals surface area (Å²) < 4.78 is 10.7. The molecular formula is C16H26O4. The number of aliphatic hydroxyl groups is 1. The van der Waals surface area contributed by atoms with Crippen LogP contribution in [0, 0.1) is 19.8 Å². The van der Waals surface area contributed by atoms with Crippen LogP contribution in [0.25, 0.3) is 0 Å². The Bertz CT molecular complexity index is 488. The molecule has 0 spiro atoms. The van der Waals surface area contributed by atoms with E-state index in [1.807, 2.05) is 13.8 Å². The van der Waals surface area contributed by atoms with Gasteiger partial charge in [0.2, 0.25) is 0 Å². The summed E-state index contributed by atoms with van der Waals surface area (Å²) in [6.07, 6.45) is 3.38. The van der Waals surface area contributed by atoms with Crippen LogP contribution in [-0.2, 0) is 6.42 Å². The Hall–Kier alpha value is -1.29. The highest BCUT2D eigenvalue weighted by molar-refractivity contribution is 5.29. The van der Waals surface area contributed by atoms with Gasteiger partial charge in [-0.05, 0) is 39.5 Å². The van der Waals surface area contributed by atoms with E-state index in [-0.39, 0.29) is 11.5 Å². The van der Waals surface area contributed by atoms with Gasteiger partial charge in [0.15, 0.2) is 5.43 Å². The van der Waals surface area contributed by atoms with Gasteiger partial charge in [-0.15, -0.1) is 0 Å². The topological polar surface area (TPSA) is 59.7 Å². The van der Waals surface area contributed by atoms with Crippen molar-refractivity contribution in [2.75, 3.05) is 7.11 Å². The molecule has 20 heavy (non-hydrogen) atoms. The first-order chi connectivity index (χ1) is 9.38. The highest BCUT2D eigenvalue weighted by atomic mass is 16.6. The van der Waals surface area contributed by atoms with Crippen LogP contribution in [0.1, 0.15) is 50.0 Å². The van der Waals surface area contributed by atoms with Crippen LogP contribution in [0.4, 0.5) is 0 Å². The lowest BCUT2D eigenvalue weighted by molar-refractivity contribution is 0.128. The monoisotopic (exact) mass is 282 g/mol. The predicted octanol–water partition coefficient (Wildman–Crippen LogP) is 2.99. The second-order valence-corrected chi connectivity index (χ2v) is 5.56. The summed E-state index contributed by atoms with van der Waals surface area (Å²) in [5, 5.41) is 9.44. The molecule has 4 nitrogen and oxygen atoms in total. The van der Waals surface area contributed by atoms with Crippen LogP contribution in [0.3, 0.4) is 0 Å². The van der Waals surface area contributed by atoms with Crippen molar-refractivity contribution in [3.05, 3.63) is 27.1 Å². The lowest BCUT2D eigenvalue weighted by Gasteiger charge is -2.14. The SMILES string of the molecule is COc1oc(CCCC[C@H](C)[C@H](C)O)c(C)c(=O)c1C. The molecular weight excluding hydrogens is 256 g/mol. The zero-order chi connectivity index (χ0) is 15.3. The van der Waals surface area contributed by atoms with Crippen LogP contribution in [0.15, 0.2) is 9.21 Å². The molecule has 2 atom stereocenters. The van der Waals surface area contributed by atoms with Gasteiger partial charge in [-0.25, -0.2) is 0 Å². The summed E-state index contributed by atoms with van der Waals surface area (Å²) >= 11 is 0. The van der Waals surface area contributed by atoms with E-state index < -0.39 is 0 Å². The van der Waals surface area contributed by atoms with E-state index in [1.165, 1.54) is 7.11 Å². The summed E-state index contributed by atoms with van der Waals surface area (Å²) in [5.41, 5.74) is 1.20. The summed E-state index contributed by atoms with van der Waals surface area (Å²) in [5.74, 6) is 1.32.